The topological polar surface area (TPSA) is 90.5 Å². The molecule has 8 nitrogen and oxygen atoms in total. The van der Waals surface area contributed by atoms with Crippen molar-refractivity contribution in [2.24, 2.45) is 5.92 Å². The summed E-state index contributed by atoms with van der Waals surface area (Å²) in [7, 11) is 0. The zero-order valence-corrected chi connectivity index (χ0v) is 19.9. The molecule has 1 saturated heterocycles. The molecule has 2 N–H and O–H groups in total. The molecule has 2 atom stereocenters. The Hall–Kier alpha value is -3.23. The van der Waals surface area contributed by atoms with Crippen LogP contribution in [0.4, 0.5) is 5.82 Å². The van der Waals surface area contributed by atoms with Gasteiger partial charge in [-0.05, 0) is 42.3 Å². The molecule has 2 aliphatic heterocycles. The van der Waals surface area contributed by atoms with E-state index in [4.69, 9.17) is 21.6 Å². The summed E-state index contributed by atoms with van der Waals surface area (Å²) in [6.07, 6.45) is -0.350. The van der Waals surface area contributed by atoms with Gasteiger partial charge in [-0.15, -0.1) is 0 Å². The van der Waals surface area contributed by atoms with Crippen LogP contribution in [-0.2, 0) is 11.3 Å². The lowest BCUT2D eigenvalue weighted by atomic mass is 10.0. The predicted octanol–water partition coefficient (Wildman–Crippen LogP) is 3.13. The van der Waals surface area contributed by atoms with E-state index in [0.29, 0.717) is 48.4 Å². The summed E-state index contributed by atoms with van der Waals surface area (Å²) in [6.45, 7) is 5.98. The number of nitrogens with zero attached hydrogens (tertiary/aromatic N) is 4. The normalized spacial score (nSPS) is 21.1. The minimum absolute atomic E-state index is 0.0282. The maximum absolute atomic E-state index is 13.4. The Balaban J connectivity index is 1.47. The summed E-state index contributed by atoms with van der Waals surface area (Å²) in [4.78, 5) is 40.0. The molecule has 1 unspecified atom stereocenters. The minimum Gasteiger partial charge on any atom is -0.358 e. The summed E-state index contributed by atoms with van der Waals surface area (Å²) in [5.41, 5.74) is 1.42. The summed E-state index contributed by atoms with van der Waals surface area (Å²) >= 11 is 5.98. The van der Waals surface area contributed by atoms with Crippen LogP contribution in [0.2, 0.25) is 5.02 Å². The lowest BCUT2D eigenvalue weighted by molar-refractivity contribution is -0.125. The molecule has 0 aliphatic carbocycles. The average Bonchev–Trinajstić information content (AvgIpc) is 2.83. The first kappa shape index (κ1) is 22.6. The molecule has 2 aliphatic rings. The smallest absolute Gasteiger partial charge is 0.254 e. The maximum atomic E-state index is 13.4. The first-order chi connectivity index (χ1) is 16.4. The number of hydrogen-bond donors (Lipinski definition) is 2. The van der Waals surface area contributed by atoms with E-state index >= 15 is 0 Å². The Bertz CT molecular complexity index is 1230. The number of amides is 2. The SMILES string of the molecule is CC(C)[C@@H]1Nc2nc(nc3ccccc23)CN2CCN(C(=O)c3ccc(Cl)cc3)CC2NC1=O. The second-order valence-electron chi connectivity index (χ2n) is 9.12. The van der Waals surface area contributed by atoms with Gasteiger partial charge < -0.3 is 15.5 Å². The van der Waals surface area contributed by atoms with Crippen molar-refractivity contribution < 1.29 is 9.59 Å². The molecular formula is C25H27ClN6O2. The quantitative estimate of drug-likeness (QED) is 0.588. The Kier molecular flexibility index (Phi) is 6.10. The monoisotopic (exact) mass is 478 g/mol. The number of rotatable bonds is 2. The molecule has 3 heterocycles. The van der Waals surface area contributed by atoms with Crippen molar-refractivity contribution in [3.8, 4) is 0 Å². The molecule has 1 fully saturated rings. The van der Waals surface area contributed by atoms with Crippen molar-refractivity contribution in [3.63, 3.8) is 0 Å². The minimum atomic E-state index is -0.478. The van der Waals surface area contributed by atoms with Crippen LogP contribution in [-0.4, -0.2) is 63.4 Å². The number of fused-ring (bicyclic) bond motifs is 5. The molecule has 2 bridgehead atoms. The van der Waals surface area contributed by atoms with E-state index in [-0.39, 0.29) is 23.9 Å². The fraction of sp³-hybridized carbons (Fsp3) is 0.360. The summed E-state index contributed by atoms with van der Waals surface area (Å²) in [5, 5.41) is 8.02. The van der Waals surface area contributed by atoms with Crippen LogP contribution in [0.1, 0.15) is 30.0 Å². The second-order valence-corrected chi connectivity index (χ2v) is 9.56. The zero-order valence-electron chi connectivity index (χ0n) is 19.2. The van der Waals surface area contributed by atoms with Gasteiger partial charge in [0.1, 0.15) is 23.8 Å². The number of halogens is 1. The highest BCUT2D eigenvalue weighted by molar-refractivity contribution is 6.30. The van der Waals surface area contributed by atoms with E-state index in [9.17, 15) is 9.59 Å². The largest absolute Gasteiger partial charge is 0.358 e. The van der Waals surface area contributed by atoms with Crippen LogP contribution in [0.5, 0.6) is 0 Å². The van der Waals surface area contributed by atoms with Gasteiger partial charge in [0, 0.05) is 29.1 Å². The van der Waals surface area contributed by atoms with Gasteiger partial charge in [0.15, 0.2) is 0 Å². The Morgan fingerprint density at radius 1 is 1.06 bits per heavy atom. The number of para-hydroxylation sites is 1. The Morgan fingerprint density at radius 2 is 1.82 bits per heavy atom. The van der Waals surface area contributed by atoms with Crippen LogP contribution in [0.25, 0.3) is 10.9 Å². The number of anilines is 1. The predicted molar refractivity (Wildman–Crippen MR) is 131 cm³/mol. The molecule has 0 radical (unpaired) electrons. The van der Waals surface area contributed by atoms with Crippen LogP contribution >= 0.6 is 11.6 Å². The van der Waals surface area contributed by atoms with Crippen LogP contribution in [0, 0.1) is 5.92 Å². The summed E-state index contributed by atoms with van der Waals surface area (Å²) < 4.78 is 0. The lowest BCUT2D eigenvalue weighted by Crippen LogP contribution is -2.63. The van der Waals surface area contributed by atoms with Gasteiger partial charge in [-0.2, -0.15) is 0 Å². The van der Waals surface area contributed by atoms with Gasteiger partial charge >= 0.3 is 0 Å². The van der Waals surface area contributed by atoms with Crippen molar-refractivity contribution in [3.05, 3.63) is 64.9 Å². The standard InChI is InChI=1S/C25H27ClN6O2/c1-15(2)22-24(33)29-21-14-32(25(34)16-7-9-17(26)10-8-16)12-11-31(21)13-20-27-19-6-4-3-5-18(19)23(28-20)30-22/h3-10,15,21-22H,11-14H2,1-2H3,(H,29,33)(H,27,28,30)/t21?,22-/m0/s1. The Morgan fingerprint density at radius 3 is 2.59 bits per heavy atom. The molecule has 9 heteroatoms. The number of piperazine rings is 1. The zero-order chi connectivity index (χ0) is 23.8. The third-order valence-electron chi connectivity index (χ3n) is 6.41. The van der Waals surface area contributed by atoms with E-state index < -0.39 is 6.04 Å². The maximum Gasteiger partial charge on any atom is 0.254 e. The van der Waals surface area contributed by atoms with E-state index in [1.807, 2.05) is 38.1 Å². The molecule has 0 spiro atoms. The highest BCUT2D eigenvalue weighted by Crippen LogP contribution is 2.25. The highest BCUT2D eigenvalue weighted by Gasteiger charge is 2.35. The van der Waals surface area contributed by atoms with E-state index in [1.165, 1.54) is 0 Å². The van der Waals surface area contributed by atoms with E-state index in [0.717, 1.165) is 10.9 Å². The number of nitrogens with one attached hydrogen (secondary N) is 2. The summed E-state index contributed by atoms with van der Waals surface area (Å²) in [5.74, 6) is 1.19. The van der Waals surface area contributed by atoms with Gasteiger partial charge in [0.05, 0.1) is 18.6 Å². The molecule has 2 aromatic carbocycles. The van der Waals surface area contributed by atoms with Crippen LogP contribution < -0.4 is 10.6 Å². The highest BCUT2D eigenvalue weighted by atomic mass is 35.5. The number of benzene rings is 2. The first-order valence-electron chi connectivity index (χ1n) is 11.5. The van der Waals surface area contributed by atoms with Crippen molar-refractivity contribution >= 4 is 40.1 Å². The molecule has 3 aromatic rings. The van der Waals surface area contributed by atoms with Gasteiger partial charge in [-0.25, -0.2) is 9.97 Å². The fourth-order valence-corrected chi connectivity index (χ4v) is 4.66. The summed E-state index contributed by atoms with van der Waals surface area (Å²) in [6, 6.07) is 14.2. The number of carbonyl (C=O) groups excluding carboxylic acids is 2. The second kappa shape index (κ2) is 9.19. The third-order valence-corrected chi connectivity index (χ3v) is 6.67. The molecule has 176 valence electrons. The molecule has 1 aromatic heterocycles. The van der Waals surface area contributed by atoms with Crippen LogP contribution in [0.3, 0.4) is 0 Å². The van der Waals surface area contributed by atoms with Gasteiger partial charge in [-0.3, -0.25) is 14.5 Å². The van der Waals surface area contributed by atoms with Crippen molar-refractivity contribution in [1.29, 1.82) is 0 Å². The number of aromatic nitrogens is 2. The van der Waals surface area contributed by atoms with Crippen LogP contribution in [0.15, 0.2) is 48.5 Å². The third kappa shape index (κ3) is 4.43. The molecule has 2 amide bonds. The van der Waals surface area contributed by atoms with Gasteiger partial charge in [0.2, 0.25) is 5.91 Å². The van der Waals surface area contributed by atoms with Gasteiger partial charge in [0.25, 0.3) is 5.91 Å². The molecule has 0 saturated carbocycles. The number of carbonyl (C=O) groups is 2. The molecule has 5 rings (SSSR count). The Labute approximate surface area is 203 Å². The fourth-order valence-electron chi connectivity index (χ4n) is 4.53. The molecule has 34 heavy (non-hydrogen) atoms. The first-order valence-corrected chi connectivity index (χ1v) is 11.9. The van der Waals surface area contributed by atoms with Crippen molar-refractivity contribution in [2.45, 2.75) is 32.6 Å². The van der Waals surface area contributed by atoms with E-state index in [2.05, 4.69) is 15.5 Å². The van der Waals surface area contributed by atoms with E-state index in [1.54, 1.807) is 29.2 Å². The molecular weight excluding hydrogens is 452 g/mol. The van der Waals surface area contributed by atoms with Crippen molar-refractivity contribution in [2.75, 3.05) is 25.0 Å². The van der Waals surface area contributed by atoms with Gasteiger partial charge in [-0.1, -0.05) is 37.6 Å². The lowest BCUT2D eigenvalue weighted by Gasteiger charge is -2.42. The average molecular weight is 479 g/mol. The van der Waals surface area contributed by atoms with Crippen molar-refractivity contribution in [1.82, 2.24) is 25.1 Å². The number of hydrogen-bond acceptors (Lipinski definition) is 6.